The van der Waals surface area contributed by atoms with E-state index in [9.17, 15) is 0 Å². The second-order valence-corrected chi connectivity index (χ2v) is 3.83. The minimum Gasteiger partial charge on any atom is -0.396 e. The lowest BCUT2D eigenvalue weighted by molar-refractivity contribution is 0.322. The maximum atomic E-state index is 8.71. The third-order valence-electron chi connectivity index (χ3n) is 1.80. The van der Waals surface area contributed by atoms with Crippen LogP contribution >= 0.6 is 11.8 Å². The van der Waals surface area contributed by atoms with Crippen molar-refractivity contribution in [2.45, 2.75) is 11.9 Å². The Balaban J connectivity index is 2.44. The van der Waals surface area contributed by atoms with Crippen LogP contribution in [0.3, 0.4) is 0 Å². The standard InChI is InChI=1S/C8H10N4OS/c1-6-10-11-7-8(14-5-4-13)9-2-3-12(6)7/h2-3,13H,4-5H2,1H3. The summed E-state index contributed by atoms with van der Waals surface area (Å²) in [7, 11) is 0. The molecule has 0 atom stereocenters. The van der Waals surface area contributed by atoms with E-state index in [1.807, 2.05) is 17.5 Å². The molecule has 6 heteroatoms. The molecule has 0 saturated carbocycles. The smallest absolute Gasteiger partial charge is 0.193 e. The van der Waals surface area contributed by atoms with Gasteiger partial charge >= 0.3 is 0 Å². The monoisotopic (exact) mass is 210 g/mol. The number of aliphatic hydroxyl groups excluding tert-OH is 1. The summed E-state index contributed by atoms with van der Waals surface area (Å²) in [6, 6.07) is 0. The van der Waals surface area contributed by atoms with Gasteiger partial charge in [0.2, 0.25) is 0 Å². The lowest BCUT2D eigenvalue weighted by Crippen LogP contribution is -1.94. The third kappa shape index (κ3) is 1.58. The van der Waals surface area contributed by atoms with Gasteiger partial charge in [-0.1, -0.05) is 0 Å². The van der Waals surface area contributed by atoms with E-state index in [-0.39, 0.29) is 6.61 Å². The summed E-state index contributed by atoms with van der Waals surface area (Å²) < 4.78 is 1.88. The maximum Gasteiger partial charge on any atom is 0.193 e. The van der Waals surface area contributed by atoms with E-state index in [0.717, 1.165) is 16.5 Å². The molecule has 1 N–H and O–H groups in total. The second-order valence-electron chi connectivity index (χ2n) is 2.75. The van der Waals surface area contributed by atoms with E-state index in [1.165, 1.54) is 11.8 Å². The Bertz CT molecular complexity index is 442. The number of nitrogens with zero attached hydrogens (tertiary/aromatic N) is 4. The molecule has 0 aliphatic carbocycles. The predicted molar refractivity (Wildman–Crippen MR) is 53.3 cm³/mol. The van der Waals surface area contributed by atoms with Gasteiger partial charge < -0.3 is 5.11 Å². The van der Waals surface area contributed by atoms with Crippen molar-refractivity contribution in [1.29, 1.82) is 0 Å². The van der Waals surface area contributed by atoms with Gasteiger partial charge in [0, 0.05) is 18.1 Å². The van der Waals surface area contributed by atoms with Crippen molar-refractivity contribution in [1.82, 2.24) is 19.6 Å². The molecule has 2 rings (SSSR count). The summed E-state index contributed by atoms with van der Waals surface area (Å²) in [5.74, 6) is 1.46. The molecule has 74 valence electrons. The van der Waals surface area contributed by atoms with Gasteiger partial charge in [-0.3, -0.25) is 4.40 Å². The molecule has 0 aliphatic rings. The van der Waals surface area contributed by atoms with Crippen molar-refractivity contribution in [3.8, 4) is 0 Å². The fraction of sp³-hybridized carbons (Fsp3) is 0.375. The highest BCUT2D eigenvalue weighted by Gasteiger charge is 2.07. The predicted octanol–water partition coefficient (Wildman–Crippen LogP) is 0.517. The first-order valence-corrected chi connectivity index (χ1v) is 5.21. The number of fused-ring (bicyclic) bond motifs is 1. The maximum absolute atomic E-state index is 8.71. The first-order valence-electron chi connectivity index (χ1n) is 4.23. The van der Waals surface area contributed by atoms with Crippen LogP contribution in [0.2, 0.25) is 0 Å². The van der Waals surface area contributed by atoms with E-state index in [0.29, 0.717) is 5.75 Å². The zero-order chi connectivity index (χ0) is 9.97. The molecule has 0 saturated heterocycles. The molecular weight excluding hydrogens is 200 g/mol. The van der Waals surface area contributed by atoms with Crippen molar-refractivity contribution >= 4 is 17.4 Å². The van der Waals surface area contributed by atoms with E-state index >= 15 is 0 Å². The highest BCUT2D eigenvalue weighted by molar-refractivity contribution is 7.99. The van der Waals surface area contributed by atoms with Crippen LogP contribution in [0.1, 0.15) is 5.82 Å². The van der Waals surface area contributed by atoms with Crippen molar-refractivity contribution in [2.75, 3.05) is 12.4 Å². The SMILES string of the molecule is Cc1nnc2c(SCCO)nccn12. The highest BCUT2D eigenvalue weighted by Crippen LogP contribution is 2.19. The van der Waals surface area contributed by atoms with Gasteiger partial charge in [0.1, 0.15) is 10.9 Å². The first-order chi connectivity index (χ1) is 6.83. The Morgan fingerprint density at radius 1 is 1.50 bits per heavy atom. The van der Waals surface area contributed by atoms with Crippen LogP contribution in [0.4, 0.5) is 0 Å². The molecular formula is C8H10N4OS. The van der Waals surface area contributed by atoms with E-state index < -0.39 is 0 Å². The quantitative estimate of drug-likeness (QED) is 0.748. The largest absolute Gasteiger partial charge is 0.396 e. The van der Waals surface area contributed by atoms with E-state index in [1.54, 1.807) is 6.20 Å². The Morgan fingerprint density at radius 2 is 2.36 bits per heavy atom. The molecule has 0 radical (unpaired) electrons. The number of hydrogen-bond donors (Lipinski definition) is 1. The molecule has 0 spiro atoms. The molecule has 5 nitrogen and oxygen atoms in total. The number of aromatic nitrogens is 4. The van der Waals surface area contributed by atoms with Crippen LogP contribution in [0.25, 0.3) is 5.65 Å². The highest BCUT2D eigenvalue weighted by atomic mass is 32.2. The molecule has 14 heavy (non-hydrogen) atoms. The molecule has 0 fully saturated rings. The van der Waals surface area contributed by atoms with E-state index in [4.69, 9.17) is 5.11 Å². The van der Waals surface area contributed by atoms with Gasteiger partial charge in [0.15, 0.2) is 5.65 Å². The van der Waals surface area contributed by atoms with Crippen molar-refractivity contribution < 1.29 is 5.11 Å². The van der Waals surface area contributed by atoms with Gasteiger partial charge in [-0.25, -0.2) is 4.98 Å². The zero-order valence-corrected chi connectivity index (χ0v) is 8.53. The molecule has 2 aromatic heterocycles. The van der Waals surface area contributed by atoms with Crippen molar-refractivity contribution in [3.05, 3.63) is 18.2 Å². The van der Waals surface area contributed by atoms with Crippen molar-refractivity contribution in [2.24, 2.45) is 0 Å². The summed E-state index contributed by atoms with van der Waals surface area (Å²) >= 11 is 1.48. The normalized spacial score (nSPS) is 11.0. The molecule has 0 bridgehead atoms. The van der Waals surface area contributed by atoms with Crippen LogP contribution < -0.4 is 0 Å². The Morgan fingerprint density at radius 3 is 3.14 bits per heavy atom. The van der Waals surface area contributed by atoms with Gasteiger partial charge in [-0.2, -0.15) is 0 Å². The molecule has 0 aromatic carbocycles. The Hall–Kier alpha value is -1.14. The fourth-order valence-corrected chi connectivity index (χ4v) is 1.85. The Labute approximate surface area is 85.2 Å². The lowest BCUT2D eigenvalue weighted by Gasteiger charge is -1.99. The first kappa shape index (κ1) is 9.42. The molecule has 2 heterocycles. The summed E-state index contributed by atoms with van der Waals surface area (Å²) in [6.07, 6.45) is 3.54. The summed E-state index contributed by atoms with van der Waals surface area (Å²) in [5, 5.41) is 17.5. The number of aryl methyl sites for hydroxylation is 1. The van der Waals surface area contributed by atoms with Gasteiger partial charge in [0.05, 0.1) is 6.61 Å². The van der Waals surface area contributed by atoms with Gasteiger partial charge in [-0.15, -0.1) is 22.0 Å². The molecule has 0 aliphatic heterocycles. The van der Waals surface area contributed by atoms with Crippen LogP contribution in [-0.4, -0.2) is 37.0 Å². The second kappa shape index (κ2) is 3.93. The minimum absolute atomic E-state index is 0.139. The molecule has 0 unspecified atom stereocenters. The summed E-state index contributed by atoms with van der Waals surface area (Å²) in [6.45, 7) is 2.03. The minimum atomic E-state index is 0.139. The topological polar surface area (TPSA) is 63.3 Å². The van der Waals surface area contributed by atoms with Crippen LogP contribution in [0, 0.1) is 6.92 Å². The molecule has 2 aromatic rings. The van der Waals surface area contributed by atoms with Crippen LogP contribution in [0.15, 0.2) is 17.4 Å². The fourth-order valence-electron chi connectivity index (χ4n) is 1.16. The van der Waals surface area contributed by atoms with Gasteiger partial charge in [-0.05, 0) is 6.92 Å². The average Bonchev–Trinajstić information content (AvgIpc) is 2.58. The summed E-state index contributed by atoms with van der Waals surface area (Å²) in [5.41, 5.74) is 0.753. The van der Waals surface area contributed by atoms with Gasteiger partial charge in [0.25, 0.3) is 0 Å². The van der Waals surface area contributed by atoms with Crippen LogP contribution in [-0.2, 0) is 0 Å². The number of aliphatic hydroxyl groups is 1. The zero-order valence-electron chi connectivity index (χ0n) is 7.71. The molecule has 0 amide bonds. The number of thioether (sulfide) groups is 1. The third-order valence-corrected chi connectivity index (χ3v) is 2.74. The van der Waals surface area contributed by atoms with E-state index in [2.05, 4.69) is 15.2 Å². The van der Waals surface area contributed by atoms with Crippen LogP contribution in [0.5, 0.6) is 0 Å². The number of rotatable bonds is 3. The van der Waals surface area contributed by atoms with Crippen molar-refractivity contribution in [3.63, 3.8) is 0 Å². The lowest BCUT2D eigenvalue weighted by atomic mass is 10.6. The average molecular weight is 210 g/mol. The Kier molecular flexibility index (Phi) is 2.64. The summed E-state index contributed by atoms with van der Waals surface area (Å²) in [4.78, 5) is 4.19. The number of hydrogen-bond acceptors (Lipinski definition) is 5.